The van der Waals surface area contributed by atoms with E-state index in [-0.39, 0.29) is 11.6 Å². The standard InChI is InChI=1S/C19H21F2NO2/c20-15-7-5-14(6-8-15)18(23)13-22-11-9-19(24,10-12-22)16-3-1-2-4-17(16)21/h1-8,18,23-24H,9-13H2/t18-/m0/s1. The molecule has 0 radical (unpaired) electrons. The van der Waals surface area contributed by atoms with Crippen molar-refractivity contribution in [3.63, 3.8) is 0 Å². The maximum absolute atomic E-state index is 13.9. The molecule has 1 atom stereocenters. The summed E-state index contributed by atoms with van der Waals surface area (Å²) in [5.74, 6) is -0.723. The number of aliphatic hydroxyl groups excluding tert-OH is 1. The van der Waals surface area contributed by atoms with Crippen molar-refractivity contribution < 1.29 is 19.0 Å². The Morgan fingerprint density at radius 2 is 1.62 bits per heavy atom. The van der Waals surface area contributed by atoms with Crippen molar-refractivity contribution in [1.29, 1.82) is 0 Å². The molecule has 1 aliphatic heterocycles. The van der Waals surface area contributed by atoms with Crippen molar-refractivity contribution in [2.75, 3.05) is 19.6 Å². The quantitative estimate of drug-likeness (QED) is 0.904. The van der Waals surface area contributed by atoms with Crippen LogP contribution in [-0.4, -0.2) is 34.7 Å². The van der Waals surface area contributed by atoms with Gasteiger partial charge in [-0.1, -0.05) is 30.3 Å². The monoisotopic (exact) mass is 333 g/mol. The molecule has 1 fully saturated rings. The van der Waals surface area contributed by atoms with E-state index in [1.54, 1.807) is 30.3 Å². The Kier molecular flexibility index (Phi) is 4.94. The molecule has 0 saturated carbocycles. The SMILES string of the molecule is O[C@@H](CN1CCC(O)(c2ccccc2F)CC1)c1ccc(F)cc1. The zero-order valence-electron chi connectivity index (χ0n) is 13.3. The Hall–Kier alpha value is -1.82. The van der Waals surface area contributed by atoms with Gasteiger partial charge in [0, 0.05) is 25.2 Å². The molecule has 0 aliphatic carbocycles. The highest BCUT2D eigenvalue weighted by atomic mass is 19.1. The molecule has 2 N–H and O–H groups in total. The highest BCUT2D eigenvalue weighted by molar-refractivity contribution is 5.25. The van der Waals surface area contributed by atoms with Crippen LogP contribution in [0.15, 0.2) is 48.5 Å². The van der Waals surface area contributed by atoms with Crippen molar-refractivity contribution in [2.24, 2.45) is 0 Å². The van der Waals surface area contributed by atoms with Crippen molar-refractivity contribution in [3.8, 4) is 0 Å². The van der Waals surface area contributed by atoms with Gasteiger partial charge in [0.25, 0.3) is 0 Å². The summed E-state index contributed by atoms with van der Waals surface area (Å²) in [6.45, 7) is 1.52. The van der Waals surface area contributed by atoms with Gasteiger partial charge in [-0.15, -0.1) is 0 Å². The molecule has 0 unspecified atom stereocenters. The normalized spacial score (nSPS) is 19.2. The molecule has 1 aliphatic rings. The molecule has 24 heavy (non-hydrogen) atoms. The molecular formula is C19H21F2NO2. The van der Waals surface area contributed by atoms with Crippen LogP contribution < -0.4 is 0 Å². The second-order valence-corrected chi connectivity index (χ2v) is 6.38. The molecule has 128 valence electrons. The van der Waals surface area contributed by atoms with Crippen LogP contribution in [0, 0.1) is 11.6 Å². The number of aliphatic hydroxyl groups is 2. The molecule has 0 spiro atoms. The van der Waals surface area contributed by atoms with Crippen LogP contribution in [0.4, 0.5) is 8.78 Å². The fourth-order valence-corrected chi connectivity index (χ4v) is 3.25. The first-order valence-electron chi connectivity index (χ1n) is 8.11. The molecule has 2 aromatic rings. The average molecular weight is 333 g/mol. The molecule has 3 rings (SSSR count). The third kappa shape index (κ3) is 3.64. The number of likely N-dealkylation sites (tertiary alicyclic amines) is 1. The largest absolute Gasteiger partial charge is 0.387 e. The Morgan fingerprint density at radius 3 is 2.25 bits per heavy atom. The first-order valence-corrected chi connectivity index (χ1v) is 8.11. The molecule has 5 heteroatoms. The van der Waals surface area contributed by atoms with Gasteiger partial charge in [-0.05, 0) is 36.6 Å². The van der Waals surface area contributed by atoms with Gasteiger partial charge in [-0.3, -0.25) is 0 Å². The number of hydrogen-bond donors (Lipinski definition) is 2. The first-order chi connectivity index (χ1) is 11.5. The topological polar surface area (TPSA) is 43.7 Å². The van der Waals surface area contributed by atoms with Crippen LogP contribution in [0.25, 0.3) is 0 Å². The third-order valence-corrected chi connectivity index (χ3v) is 4.74. The van der Waals surface area contributed by atoms with E-state index in [9.17, 15) is 19.0 Å². The summed E-state index contributed by atoms with van der Waals surface area (Å²) >= 11 is 0. The molecule has 0 amide bonds. The third-order valence-electron chi connectivity index (χ3n) is 4.74. The van der Waals surface area contributed by atoms with Gasteiger partial charge in [0.15, 0.2) is 0 Å². The summed E-state index contributed by atoms with van der Waals surface area (Å²) in [7, 11) is 0. The summed E-state index contributed by atoms with van der Waals surface area (Å²) in [5.41, 5.74) is -0.169. The predicted molar refractivity (Wildman–Crippen MR) is 87.3 cm³/mol. The summed E-state index contributed by atoms with van der Waals surface area (Å²) in [6.07, 6.45) is 0.0963. The number of β-amino-alcohol motifs (C(OH)–C–C–N with tert-alkyl or cyclic N) is 1. The van der Waals surface area contributed by atoms with Crippen molar-refractivity contribution in [2.45, 2.75) is 24.5 Å². The lowest BCUT2D eigenvalue weighted by Gasteiger charge is -2.39. The van der Waals surface area contributed by atoms with E-state index in [0.717, 1.165) is 0 Å². The maximum Gasteiger partial charge on any atom is 0.129 e. The van der Waals surface area contributed by atoms with Gasteiger partial charge in [-0.2, -0.15) is 0 Å². The lowest BCUT2D eigenvalue weighted by molar-refractivity contribution is -0.0367. The lowest BCUT2D eigenvalue weighted by Crippen LogP contribution is -2.44. The van der Waals surface area contributed by atoms with Crippen molar-refractivity contribution in [3.05, 3.63) is 71.3 Å². The van der Waals surface area contributed by atoms with Crippen molar-refractivity contribution >= 4 is 0 Å². The van der Waals surface area contributed by atoms with Gasteiger partial charge in [0.05, 0.1) is 11.7 Å². The van der Waals surface area contributed by atoms with Crippen LogP contribution in [0.3, 0.4) is 0 Å². The predicted octanol–water partition coefficient (Wildman–Crippen LogP) is 2.98. The van der Waals surface area contributed by atoms with E-state index in [2.05, 4.69) is 0 Å². The second-order valence-electron chi connectivity index (χ2n) is 6.38. The first kappa shape index (κ1) is 17.0. The number of hydrogen-bond acceptors (Lipinski definition) is 3. The average Bonchev–Trinajstić information content (AvgIpc) is 2.58. The summed E-state index contributed by atoms with van der Waals surface area (Å²) in [6, 6.07) is 12.1. The van der Waals surface area contributed by atoms with E-state index < -0.39 is 11.7 Å². The number of nitrogens with zero attached hydrogens (tertiary/aromatic N) is 1. The molecule has 1 saturated heterocycles. The molecule has 0 bridgehead atoms. The number of piperidine rings is 1. The number of halogens is 2. The highest BCUT2D eigenvalue weighted by Crippen LogP contribution is 2.34. The minimum atomic E-state index is -1.16. The van der Waals surface area contributed by atoms with Gasteiger partial charge in [0.1, 0.15) is 11.6 Å². The molecule has 3 nitrogen and oxygen atoms in total. The lowest BCUT2D eigenvalue weighted by atomic mass is 9.84. The Balaban J connectivity index is 1.61. The minimum absolute atomic E-state index is 0.334. The second kappa shape index (κ2) is 6.97. The number of rotatable bonds is 4. The summed E-state index contributed by atoms with van der Waals surface area (Å²) < 4.78 is 26.9. The van der Waals surface area contributed by atoms with Crippen LogP contribution >= 0.6 is 0 Å². The zero-order valence-corrected chi connectivity index (χ0v) is 13.3. The summed E-state index contributed by atoms with van der Waals surface area (Å²) in [5, 5.41) is 21.0. The van der Waals surface area contributed by atoms with Gasteiger partial charge < -0.3 is 15.1 Å². The molecule has 1 heterocycles. The van der Waals surface area contributed by atoms with Crippen LogP contribution in [-0.2, 0) is 5.60 Å². The Bertz CT molecular complexity index is 682. The van der Waals surface area contributed by atoms with Gasteiger partial charge in [-0.25, -0.2) is 8.78 Å². The van der Waals surface area contributed by atoms with E-state index in [4.69, 9.17) is 0 Å². The Morgan fingerprint density at radius 1 is 1.00 bits per heavy atom. The van der Waals surface area contributed by atoms with Crippen LogP contribution in [0.1, 0.15) is 30.1 Å². The Labute approximate surface area is 140 Å². The smallest absolute Gasteiger partial charge is 0.129 e. The van der Waals surface area contributed by atoms with Crippen LogP contribution in [0.2, 0.25) is 0 Å². The van der Waals surface area contributed by atoms with E-state index >= 15 is 0 Å². The molecular weight excluding hydrogens is 312 g/mol. The highest BCUT2D eigenvalue weighted by Gasteiger charge is 2.36. The number of benzene rings is 2. The van der Waals surface area contributed by atoms with Crippen LogP contribution in [0.5, 0.6) is 0 Å². The molecule has 2 aromatic carbocycles. The van der Waals surface area contributed by atoms with Crippen molar-refractivity contribution in [1.82, 2.24) is 4.90 Å². The summed E-state index contributed by atoms with van der Waals surface area (Å²) in [4.78, 5) is 2.03. The molecule has 0 aromatic heterocycles. The fourth-order valence-electron chi connectivity index (χ4n) is 3.25. The van der Waals surface area contributed by atoms with Gasteiger partial charge >= 0.3 is 0 Å². The minimum Gasteiger partial charge on any atom is -0.387 e. The van der Waals surface area contributed by atoms with E-state index in [0.29, 0.717) is 43.6 Å². The van der Waals surface area contributed by atoms with E-state index in [1.165, 1.54) is 18.2 Å². The zero-order chi connectivity index (χ0) is 17.2. The van der Waals surface area contributed by atoms with E-state index in [1.807, 2.05) is 4.90 Å². The maximum atomic E-state index is 13.9. The fraction of sp³-hybridized carbons (Fsp3) is 0.368. The van der Waals surface area contributed by atoms with Gasteiger partial charge in [0.2, 0.25) is 0 Å².